The van der Waals surface area contributed by atoms with Crippen LogP contribution < -0.4 is 0 Å². The molecule has 0 amide bonds. The third-order valence-electron chi connectivity index (χ3n) is 5.68. The van der Waals surface area contributed by atoms with E-state index >= 15 is 0 Å². The van der Waals surface area contributed by atoms with Crippen molar-refractivity contribution in [3.8, 4) is 0 Å². The first kappa shape index (κ1) is 14.3. The number of carbonyl (C=O) groups excluding carboxylic acids is 1. The lowest BCUT2D eigenvalue weighted by Gasteiger charge is -2.30. The second kappa shape index (κ2) is 4.99. The molecule has 0 aromatic carbocycles. The van der Waals surface area contributed by atoms with E-state index in [1.165, 1.54) is 6.42 Å². The van der Waals surface area contributed by atoms with Crippen molar-refractivity contribution >= 4 is 5.97 Å². The quantitative estimate of drug-likeness (QED) is 0.746. The van der Waals surface area contributed by atoms with Gasteiger partial charge in [-0.1, -0.05) is 13.8 Å². The number of hydrogen-bond donors (Lipinski definition) is 0. The summed E-state index contributed by atoms with van der Waals surface area (Å²) in [4.78, 5) is 12.3. The monoisotopic (exact) mass is 282 g/mol. The molecule has 2 saturated carbocycles. The van der Waals surface area contributed by atoms with Gasteiger partial charge >= 0.3 is 5.97 Å². The minimum Gasteiger partial charge on any atom is -0.463 e. The van der Waals surface area contributed by atoms with Crippen LogP contribution in [0.25, 0.3) is 0 Å². The van der Waals surface area contributed by atoms with Crippen molar-refractivity contribution in [3.05, 3.63) is 0 Å². The molecule has 4 nitrogen and oxygen atoms in total. The van der Waals surface area contributed by atoms with Crippen LogP contribution in [0.1, 0.15) is 40.5 Å². The lowest BCUT2D eigenvalue weighted by molar-refractivity contribution is -0.163. The first-order chi connectivity index (χ1) is 9.37. The number of rotatable bonds is 3. The van der Waals surface area contributed by atoms with Gasteiger partial charge in [-0.3, -0.25) is 4.79 Å². The Morgan fingerprint density at radius 3 is 2.55 bits per heavy atom. The second-order valence-electron chi connectivity index (χ2n) is 7.30. The molecule has 3 fully saturated rings. The standard InChI is InChI=1S/C16H26O4/c1-9-10(2)13-5-11(9)6-14(13)15(17)18-7-12-8-19-16(3,4)20-12/h9-14H,5-8H2,1-4H3. The van der Waals surface area contributed by atoms with Gasteiger partial charge in [-0.2, -0.15) is 0 Å². The largest absolute Gasteiger partial charge is 0.463 e. The van der Waals surface area contributed by atoms with E-state index in [1.54, 1.807) is 0 Å². The zero-order valence-corrected chi connectivity index (χ0v) is 12.9. The van der Waals surface area contributed by atoms with Crippen molar-refractivity contribution in [3.63, 3.8) is 0 Å². The van der Waals surface area contributed by atoms with Crippen LogP contribution in [0.5, 0.6) is 0 Å². The second-order valence-corrected chi connectivity index (χ2v) is 7.30. The minimum absolute atomic E-state index is 0.0236. The number of fused-ring (bicyclic) bond motifs is 2. The minimum atomic E-state index is -0.548. The normalized spacial score (nSPS) is 45.8. The Morgan fingerprint density at radius 2 is 2.00 bits per heavy atom. The molecule has 0 aromatic heterocycles. The fraction of sp³-hybridized carbons (Fsp3) is 0.938. The highest BCUT2D eigenvalue weighted by molar-refractivity contribution is 5.73. The molecular formula is C16H26O4. The molecule has 3 rings (SSSR count). The fourth-order valence-electron chi connectivity index (χ4n) is 4.34. The Labute approximate surface area is 121 Å². The maximum absolute atomic E-state index is 12.3. The van der Waals surface area contributed by atoms with Crippen LogP contribution in [0.4, 0.5) is 0 Å². The summed E-state index contributed by atoms with van der Waals surface area (Å²) < 4.78 is 16.6. The summed E-state index contributed by atoms with van der Waals surface area (Å²) in [6, 6.07) is 0. The summed E-state index contributed by atoms with van der Waals surface area (Å²) in [5.41, 5.74) is 0. The first-order valence-electron chi connectivity index (χ1n) is 7.86. The van der Waals surface area contributed by atoms with Gasteiger partial charge in [-0.25, -0.2) is 0 Å². The molecule has 0 aromatic rings. The van der Waals surface area contributed by atoms with Gasteiger partial charge < -0.3 is 14.2 Å². The number of hydrogen-bond acceptors (Lipinski definition) is 4. The van der Waals surface area contributed by atoms with Gasteiger partial charge in [-0.15, -0.1) is 0 Å². The van der Waals surface area contributed by atoms with E-state index in [2.05, 4.69) is 13.8 Å². The molecule has 6 atom stereocenters. The summed E-state index contributed by atoms with van der Waals surface area (Å²) >= 11 is 0. The Balaban J connectivity index is 1.49. The molecule has 1 saturated heterocycles. The molecule has 3 aliphatic rings. The summed E-state index contributed by atoms with van der Waals surface area (Å²) in [7, 11) is 0. The summed E-state index contributed by atoms with van der Waals surface area (Å²) in [6.45, 7) is 9.19. The van der Waals surface area contributed by atoms with Crippen LogP contribution in [0, 0.1) is 29.6 Å². The topological polar surface area (TPSA) is 44.8 Å². The highest BCUT2D eigenvalue weighted by Gasteiger charge is 2.51. The molecule has 4 heteroatoms. The molecule has 1 aliphatic heterocycles. The third-order valence-corrected chi connectivity index (χ3v) is 5.68. The zero-order valence-electron chi connectivity index (χ0n) is 12.9. The van der Waals surface area contributed by atoms with Gasteiger partial charge in [0.05, 0.1) is 12.5 Å². The predicted molar refractivity (Wildman–Crippen MR) is 73.9 cm³/mol. The van der Waals surface area contributed by atoms with E-state index in [0.29, 0.717) is 25.0 Å². The van der Waals surface area contributed by atoms with E-state index in [4.69, 9.17) is 14.2 Å². The molecule has 1 heterocycles. The molecule has 114 valence electrons. The first-order valence-corrected chi connectivity index (χ1v) is 7.86. The van der Waals surface area contributed by atoms with Gasteiger partial charge in [0, 0.05) is 0 Å². The number of esters is 1. The Bertz CT molecular complexity index is 390. The highest BCUT2D eigenvalue weighted by atomic mass is 16.7. The molecule has 2 aliphatic carbocycles. The summed E-state index contributed by atoms with van der Waals surface area (Å²) in [5, 5.41) is 0. The van der Waals surface area contributed by atoms with Crippen molar-refractivity contribution in [2.24, 2.45) is 29.6 Å². The smallest absolute Gasteiger partial charge is 0.309 e. The molecule has 0 radical (unpaired) electrons. The maximum atomic E-state index is 12.3. The van der Waals surface area contributed by atoms with Crippen LogP contribution in [0.15, 0.2) is 0 Å². The van der Waals surface area contributed by atoms with Crippen LogP contribution in [-0.4, -0.2) is 31.1 Å². The van der Waals surface area contributed by atoms with Crippen LogP contribution in [0.2, 0.25) is 0 Å². The Hall–Kier alpha value is -0.610. The van der Waals surface area contributed by atoms with Crippen molar-refractivity contribution in [2.45, 2.75) is 52.4 Å². The highest BCUT2D eigenvalue weighted by Crippen LogP contribution is 2.55. The van der Waals surface area contributed by atoms with E-state index in [0.717, 1.165) is 18.3 Å². The van der Waals surface area contributed by atoms with E-state index < -0.39 is 5.79 Å². The predicted octanol–water partition coefficient (Wildman–Crippen LogP) is 2.61. The van der Waals surface area contributed by atoms with Crippen LogP contribution in [-0.2, 0) is 19.0 Å². The van der Waals surface area contributed by atoms with Crippen molar-refractivity contribution in [2.75, 3.05) is 13.2 Å². The lowest BCUT2D eigenvalue weighted by Crippen LogP contribution is -2.33. The molecular weight excluding hydrogens is 256 g/mol. The molecule has 20 heavy (non-hydrogen) atoms. The van der Waals surface area contributed by atoms with E-state index in [9.17, 15) is 4.79 Å². The maximum Gasteiger partial charge on any atom is 0.309 e. The number of ether oxygens (including phenoxy) is 3. The molecule has 0 spiro atoms. The summed E-state index contributed by atoms with van der Waals surface area (Å²) in [5.74, 6) is 2.20. The zero-order chi connectivity index (χ0) is 14.5. The molecule has 2 bridgehead atoms. The van der Waals surface area contributed by atoms with Gasteiger partial charge in [0.1, 0.15) is 12.7 Å². The van der Waals surface area contributed by atoms with Gasteiger partial charge in [0.15, 0.2) is 5.79 Å². The Morgan fingerprint density at radius 1 is 1.25 bits per heavy atom. The average molecular weight is 282 g/mol. The van der Waals surface area contributed by atoms with Crippen molar-refractivity contribution in [1.29, 1.82) is 0 Å². The molecule has 6 unspecified atom stereocenters. The van der Waals surface area contributed by atoms with Crippen LogP contribution in [0.3, 0.4) is 0 Å². The van der Waals surface area contributed by atoms with E-state index in [-0.39, 0.29) is 18.0 Å². The van der Waals surface area contributed by atoms with Gasteiger partial charge in [-0.05, 0) is 50.4 Å². The van der Waals surface area contributed by atoms with Gasteiger partial charge in [0.25, 0.3) is 0 Å². The van der Waals surface area contributed by atoms with Gasteiger partial charge in [0.2, 0.25) is 0 Å². The third kappa shape index (κ3) is 2.48. The summed E-state index contributed by atoms with van der Waals surface area (Å²) in [6.07, 6.45) is 2.10. The fourth-order valence-corrected chi connectivity index (χ4v) is 4.34. The Kier molecular flexibility index (Phi) is 3.57. The average Bonchev–Trinajstić information content (AvgIpc) is 3.03. The van der Waals surface area contributed by atoms with Crippen molar-refractivity contribution < 1.29 is 19.0 Å². The lowest BCUT2D eigenvalue weighted by atomic mass is 9.76. The van der Waals surface area contributed by atoms with Crippen LogP contribution >= 0.6 is 0 Å². The van der Waals surface area contributed by atoms with Crippen molar-refractivity contribution in [1.82, 2.24) is 0 Å². The number of carbonyl (C=O) groups is 1. The molecule has 0 N–H and O–H groups in total. The van der Waals surface area contributed by atoms with E-state index in [1.807, 2.05) is 13.8 Å². The SMILES string of the molecule is CC1C2CC(C(=O)OCC3COC(C)(C)O3)C(C2)C1C.